The van der Waals surface area contributed by atoms with Gasteiger partial charge in [-0.15, -0.1) is 0 Å². The molecule has 3 aliphatic rings. The summed E-state index contributed by atoms with van der Waals surface area (Å²) in [6.45, 7) is 0.878. The van der Waals surface area contributed by atoms with Gasteiger partial charge in [0.15, 0.2) is 0 Å². The molecule has 1 aliphatic carbocycles. The maximum absolute atomic E-state index is 12.3. The van der Waals surface area contributed by atoms with Crippen molar-refractivity contribution >= 4 is 17.8 Å². The lowest BCUT2D eigenvalue weighted by atomic mass is 9.99. The van der Waals surface area contributed by atoms with E-state index in [0.717, 1.165) is 25.7 Å². The van der Waals surface area contributed by atoms with Gasteiger partial charge in [0.05, 0.1) is 6.54 Å². The van der Waals surface area contributed by atoms with Crippen molar-refractivity contribution in [1.29, 1.82) is 0 Å². The van der Waals surface area contributed by atoms with E-state index in [0.29, 0.717) is 19.5 Å². The third kappa shape index (κ3) is 1.67. The summed E-state index contributed by atoms with van der Waals surface area (Å²) in [4.78, 5) is 37.0. The summed E-state index contributed by atoms with van der Waals surface area (Å²) in [6.07, 6.45) is 4.67. The van der Waals surface area contributed by atoms with Gasteiger partial charge in [0, 0.05) is 12.5 Å². The minimum absolute atomic E-state index is 0.125. The Morgan fingerprint density at radius 3 is 2.61 bits per heavy atom. The molecule has 3 rings (SSSR count). The molecule has 3 fully saturated rings. The lowest BCUT2D eigenvalue weighted by molar-refractivity contribution is -0.134. The van der Waals surface area contributed by atoms with Crippen LogP contribution in [0.2, 0.25) is 0 Å². The molecule has 2 saturated heterocycles. The first kappa shape index (κ1) is 11.5. The Kier molecular flexibility index (Phi) is 2.53. The predicted molar refractivity (Wildman–Crippen MR) is 62.6 cm³/mol. The molecule has 1 saturated carbocycles. The number of carbonyl (C=O) groups excluding carboxylic acids is 3. The molecule has 0 aromatic carbocycles. The largest absolute Gasteiger partial charge is 0.339 e. The molecule has 1 unspecified atom stereocenters. The molecule has 2 N–H and O–H groups in total. The highest BCUT2D eigenvalue weighted by atomic mass is 16.2. The SMILES string of the molecule is O=C1NC(=O)C2(CCN(C(=O)C3CCCC3)C2)N1. The van der Waals surface area contributed by atoms with E-state index in [4.69, 9.17) is 0 Å². The van der Waals surface area contributed by atoms with Gasteiger partial charge in [-0.25, -0.2) is 4.79 Å². The summed E-state index contributed by atoms with van der Waals surface area (Å²) >= 11 is 0. The fourth-order valence-corrected chi connectivity index (χ4v) is 3.24. The molecule has 1 atom stereocenters. The first-order valence-corrected chi connectivity index (χ1v) is 6.53. The lowest BCUT2D eigenvalue weighted by Crippen LogP contribution is -2.50. The Morgan fingerprint density at radius 1 is 1.28 bits per heavy atom. The highest BCUT2D eigenvalue weighted by molar-refractivity contribution is 6.07. The first-order chi connectivity index (χ1) is 8.61. The number of hydrogen-bond acceptors (Lipinski definition) is 3. The van der Waals surface area contributed by atoms with Gasteiger partial charge in [-0.2, -0.15) is 0 Å². The van der Waals surface area contributed by atoms with Crippen LogP contribution in [0.1, 0.15) is 32.1 Å². The summed E-state index contributed by atoms with van der Waals surface area (Å²) in [5, 5.41) is 4.91. The molecule has 0 aromatic heterocycles. The van der Waals surface area contributed by atoms with Crippen molar-refractivity contribution in [3.8, 4) is 0 Å². The van der Waals surface area contributed by atoms with Gasteiger partial charge >= 0.3 is 6.03 Å². The molecule has 2 heterocycles. The molecule has 18 heavy (non-hydrogen) atoms. The fourth-order valence-electron chi connectivity index (χ4n) is 3.24. The third-order valence-electron chi connectivity index (χ3n) is 4.30. The maximum atomic E-state index is 12.3. The Hall–Kier alpha value is -1.59. The van der Waals surface area contributed by atoms with Crippen molar-refractivity contribution in [1.82, 2.24) is 15.5 Å². The topological polar surface area (TPSA) is 78.5 Å². The number of urea groups is 1. The van der Waals surface area contributed by atoms with Gasteiger partial charge in [0.1, 0.15) is 5.54 Å². The van der Waals surface area contributed by atoms with Crippen LogP contribution < -0.4 is 10.6 Å². The van der Waals surface area contributed by atoms with E-state index in [1.54, 1.807) is 4.90 Å². The Labute approximate surface area is 105 Å². The van der Waals surface area contributed by atoms with Crippen molar-refractivity contribution in [2.45, 2.75) is 37.6 Å². The normalized spacial score (nSPS) is 32.1. The van der Waals surface area contributed by atoms with Crippen LogP contribution in [0.3, 0.4) is 0 Å². The monoisotopic (exact) mass is 251 g/mol. The first-order valence-electron chi connectivity index (χ1n) is 6.53. The molecule has 0 bridgehead atoms. The average molecular weight is 251 g/mol. The highest BCUT2D eigenvalue weighted by Gasteiger charge is 2.52. The van der Waals surface area contributed by atoms with E-state index in [1.165, 1.54) is 0 Å². The van der Waals surface area contributed by atoms with Crippen LogP contribution in [0, 0.1) is 5.92 Å². The predicted octanol–water partition coefficient (Wildman–Crippen LogP) is -0.0129. The van der Waals surface area contributed by atoms with Crippen molar-refractivity contribution in [2.75, 3.05) is 13.1 Å². The van der Waals surface area contributed by atoms with Crippen molar-refractivity contribution in [3.05, 3.63) is 0 Å². The molecule has 0 radical (unpaired) electrons. The van der Waals surface area contributed by atoms with Crippen LogP contribution in [-0.2, 0) is 9.59 Å². The van der Waals surface area contributed by atoms with E-state index in [9.17, 15) is 14.4 Å². The summed E-state index contributed by atoms with van der Waals surface area (Å²) in [5.74, 6) is -0.0205. The molecule has 4 amide bonds. The van der Waals surface area contributed by atoms with E-state index >= 15 is 0 Å². The zero-order valence-corrected chi connectivity index (χ0v) is 10.2. The van der Waals surface area contributed by atoms with Gasteiger partial charge < -0.3 is 10.2 Å². The van der Waals surface area contributed by atoms with Gasteiger partial charge in [-0.05, 0) is 19.3 Å². The van der Waals surface area contributed by atoms with Crippen LogP contribution in [0.25, 0.3) is 0 Å². The zero-order chi connectivity index (χ0) is 12.8. The van der Waals surface area contributed by atoms with E-state index < -0.39 is 11.6 Å². The summed E-state index contributed by atoms with van der Waals surface area (Å²) < 4.78 is 0. The Balaban J connectivity index is 1.69. The molecule has 6 heteroatoms. The molecular formula is C12H17N3O3. The van der Waals surface area contributed by atoms with Crippen molar-refractivity contribution in [2.24, 2.45) is 5.92 Å². The third-order valence-corrected chi connectivity index (χ3v) is 4.30. The lowest BCUT2D eigenvalue weighted by Gasteiger charge is -2.23. The second kappa shape index (κ2) is 3.96. The molecule has 0 aromatic rings. The smallest absolute Gasteiger partial charge is 0.322 e. The second-order valence-corrected chi connectivity index (χ2v) is 5.48. The Morgan fingerprint density at radius 2 is 2.00 bits per heavy atom. The molecule has 6 nitrogen and oxygen atoms in total. The van der Waals surface area contributed by atoms with Crippen molar-refractivity contribution in [3.63, 3.8) is 0 Å². The quantitative estimate of drug-likeness (QED) is 0.643. The van der Waals surface area contributed by atoms with E-state index in [1.807, 2.05) is 0 Å². The van der Waals surface area contributed by atoms with Gasteiger partial charge in [-0.1, -0.05) is 12.8 Å². The van der Waals surface area contributed by atoms with Crippen LogP contribution >= 0.6 is 0 Å². The number of imide groups is 1. The Bertz CT molecular complexity index is 417. The minimum atomic E-state index is -0.870. The zero-order valence-electron chi connectivity index (χ0n) is 10.2. The van der Waals surface area contributed by atoms with Crippen LogP contribution in [-0.4, -0.2) is 41.4 Å². The number of rotatable bonds is 1. The number of amides is 4. The number of carbonyl (C=O) groups is 3. The molecule has 2 aliphatic heterocycles. The van der Waals surface area contributed by atoms with Gasteiger partial charge in [0.25, 0.3) is 5.91 Å². The molecule has 98 valence electrons. The fraction of sp³-hybridized carbons (Fsp3) is 0.750. The molecular weight excluding hydrogens is 234 g/mol. The van der Waals surface area contributed by atoms with Gasteiger partial charge in [-0.3, -0.25) is 14.9 Å². The number of nitrogens with zero attached hydrogens (tertiary/aromatic N) is 1. The summed E-state index contributed by atoms with van der Waals surface area (Å²) in [5.41, 5.74) is -0.870. The summed E-state index contributed by atoms with van der Waals surface area (Å²) in [7, 11) is 0. The van der Waals surface area contributed by atoms with Crippen LogP contribution in [0.15, 0.2) is 0 Å². The minimum Gasteiger partial charge on any atom is -0.339 e. The maximum Gasteiger partial charge on any atom is 0.322 e. The second-order valence-electron chi connectivity index (χ2n) is 5.48. The molecule has 1 spiro atoms. The number of likely N-dealkylation sites (tertiary alicyclic amines) is 1. The van der Waals surface area contributed by atoms with Crippen LogP contribution in [0.5, 0.6) is 0 Å². The highest BCUT2D eigenvalue weighted by Crippen LogP contribution is 2.31. The number of hydrogen-bond donors (Lipinski definition) is 2. The standard InChI is InChI=1S/C12H17N3O3/c16-9(8-3-1-2-4-8)15-6-5-12(7-15)10(17)13-11(18)14-12/h8H,1-7H2,(H2,13,14,17,18). The van der Waals surface area contributed by atoms with Crippen LogP contribution in [0.4, 0.5) is 4.79 Å². The van der Waals surface area contributed by atoms with E-state index in [2.05, 4.69) is 10.6 Å². The average Bonchev–Trinajstić information content (AvgIpc) is 3.01. The summed E-state index contributed by atoms with van der Waals surface area (Å²) in [6, 6.07) is -0.449. The number of nitrogens with one attached hydrogen (secondary N) is 2. The van der Waals surface area contributed by atoms with Crippen molar-refractivity contribution < 1.29 is 14.4 Å². The van der Waals surface area contributed by atoms with Gasteiger partial charge in [0.2, 0.25) is 5.91 Å². The van der Waals surface area contributed by atoms with E-state index in [-0.39, 0.29) is 17.7 Å².